The number of piperidine rings is 1. The van der Waals surface area contributed by atoms with E-state index >= 15 is 0 Å². The Morgan fingerprint density at radius 1 is 1.23 bits per heavy atom. The van der Waals surface area contributed by atoms with Crippen molar-refractivity contribution in [1.82, 2.24) is 4.98 Å². The highest BCUT2D eigenvalue weighted by Crippen LogP contribution is 2.27. The molecule has 0 unspecified atom stereocenters. The third-order valence-electron chi connectivity index (χ3n) is 4.02. The normalized spacial score (nSPS) is 16.1. The number of oxazole rings is 1. The largest absolute Gasteiger partial charge is 0.420 e. The van der Waals surface area contributed by atoms with Gasteiger partial charge in [-0.25, -0.2) is 0 Å². The Hall–Kier alpha value is -2.54. The number of anilines is 1. The zero-order valence-corrected chi connectivity index (χ0v) is 12.7. The van der Waals surface area contributed by atoms with Gasteiger partial charge in [-0.1, -0.05) is 37.3 Å². The van der Waals surface area contributed by atoms with E-state index in [2.05, 4.69) is 22.9 Å². The standard InChI is InChI=1S/C18H19N3O/c1-14-9-11-21(12-10-14)18-16(13-19)20-17(22-18)8-7-15-5-3-2-4-6-15/h2-8,14H,9-12H2,1H3/b8-7+. The number of nitrogens with zero attached hydrogens (tertiary/aromatic N) is 3. The molecule has 1 aliphatic rings. The number of benzene rings is 1. The van der Waals surface area contributed by atoms with Gasteiger partial charge in [-0.15, -0.1) is 0 Å². The van der Waals surface area contributed by atoms with Crippen molar-refractivity contribution in [1.29, 1.82) is 5.26 Å². The first kappa shape index (κ1) is 14.4. The average molecular weight is 293 g/mol. The molecule has 0 bridgehead atoms. The Bertz CT molecular complexity index is 689. The molecular weight excluding hydrogens is 274 g/mol. The van der Waals surface area contributed by atoms with Crippen LogP contribution >= 0.6 is 0 Å². The summed E-state index contributed by atoms with van der Waals surface area (Å²) in [5.74, 6) is 1.83. The van der Waals surface area contributed by atoms with E-state index in [-0.39, 0.29) is 0 Å². The highest BCUT2D eigenvalue weighted by atomic mass is 16.4. The van der Waals surface area contributed by atoms with Crippen molar-refractivity contribution in [3.8, 4) is 6.07 Å². The van der Waals surface area contributed by atoms with E-state index in [1.807, 2.05) is 42.5 Å². The van der Waals surface area contributed by atoms with E-state index < -0.39 is 0 Å². The number of nitriles is 1. The SMILES string of the molecule is CC1CCN(c2oc(/C=C/c3ccccc3)nc2C#N)CC1. The van der Waals surface area contributed by atoms with E-state index in [0.29, 0.717) is 17.5 Å². The minimum absolute atomic E-state index is 0.377. The summed E-state index contributed by atoms with van der Waals surface area (Å²) in [5, 5.41) is 9.28. The molecule has 0 spiro atoms. The van der Waals surface area contributed by atoms with Gasteiger partial charge in [-0.2, -0.15) is 10.2 Å². The van der Waals surface area contributed by atoms with Crippen LogP contribution in [0.3, 0.4) is 0 Å². The van der Waals surface area contributed by atoms with Crippen LogP contribution in [0.2, 0.25) is 0 Å². The molecule has 2 aromatic rings. The molecular formula is C18H19N3O. The van der Waals surface area contributed by atoms with Crippen LogP contribution in [0.4, 0.5) is 5.88 Å². The maximum atomic E-state index is 9.28. The van der Waals surface area contributed by atoms with Crippen LogP contribution in [-0.4, -0.2) is 18.1 Å². The number of rotatable bonds is 3. The Kier molecular flexibility index (Phi) is 4.24. The van der Waals surface area contributed by atoms with Crippen LogP contribution in [0.1, 0.15) is 36.9 Å². The summed E-state index contributed by atoms with van der Waals surface area (Å²) < 4.78 is 5.81. The molecule has 1 fully saturated rings. The van der Waals surface area contributed by atoms with Crippen molar-refractivity contribution >= 4 is 18.0 Å². The molecule has 1 aliphatic heterocycles. The minimum Gasteiger partial charge on any atom is -0.420 e. The first-order chi connectivity index (χ1) is 10.8. The minimum atomic E-state index is 0.377. The molecule has 112 valence electrons. The fourth-order valence-electron chi connectivity index (χ4n) is 2.63. The van der Waals surface area contributed by atoms with E-state index in [9.17, 15) is 5.26 Å². The summed E-state index contributed by atoms with van der Waals surface area (Å²) >= 11 is 0. The van der Waals surface area contributed by atoms with E-state index in [1.165, 1.54) is 0 Å². The van der Waals surface area contributed by atoms with Crippen LogP contribution in [-0.2, 0) is 0 Å². The molecule has 0 radical (unpaired) electrons. The summed E-state index contributed by atoms with van der Waals surface area (Å²) in [6.07, 6.45) is 6.00. The third-order valence-corrected chi connectivity index (χ3v) is 4.02. The van der Waals surface area contributed by atoms with Crippen LogP contribution in [0, 0.1) is 17.2 Å². The zero-order valence-electron chi connectivity index (χ0n) is 12.7. The maximum Gasteiger partial charge on any atom is 0.235 e. The highest BCUT2D eigenvalue weighted by molar-refractivity contribution is 5.67. The molecule has 0 saturated carbocycles. The molecule has 0 N–H and O–H groups in total. The van der Waals surface area contributed by atoms with E-state index in [1.54, 1.807) is 0 Å². The highest BCUT2D eigenvalue weighted by Gasteiger charge is 2.22. The van der Waals surface area contributed by atoms with Gasteiger partial charge in [0.1, 0.15) is 6.07 Å². The van der Waals surface area contributed by atoms with Crippen LogP contribution in [0.5, 0.6) is 0 Å². The van der Waals surface area contributed by atoms with Crippen molar-refractivity contribution in [2.75, 3.05) is 18.0 Å². The zero-order chi connectivity index (χ0) is 15.4. The summed E-state index contributed by atoms with van der Waals surface area (Å²) in [6, 6.07) is 12.1. The van der Waals surface area contributed by atoms with Crippen molar-refractivity contribution in [2.45, 2.75) is 19.8 Å². The molecule has 0 atom stereocenters. The maximum absolute atomic E-state index is 9.28. The quantitative estimate of drug-likeness (QED) is 0.859. The van der Waals surface area contributed by atoms with Gasteiger partial charge in [0.2, 0.25) is 17.5 Å². The molecule has 1 aromatic heterocycles. The fourth-order valence-corrected chi connectivity index (χ4v) is 2.63. The topological polar surface area (TPSA) is 53.1 Å². The first-order valence-corrected chi connectivity index (χ1v) is 7.65. The molecule has 1 saturated heterocycles. The van der Waals surface area contributed by atoms with Crippen molar-refractivity contribution < 1.29 is 4.42 Å². The number of aromatic nitrogens is 1. The van der Waals surface area contributed by atoms with Crippen LogP contribution in [0.15, 0.2) is 34.7 Å². The van der Waals surface area contributed by atoms with Gasteiger partial charge in [0, 0.05) is 19.2 Å². The van der Waals surface area contributed by atoms with Gasteiger partial charge in [-0.3, -0.25) is 0 Å². The van der Waals surface area contributed by atoms with Crippen LogP contribution in [0.25, 0.3) is 12.2 Å². The molecule has 0 aliphatic carbocycles. The van der Waals surface area contributed by atoms with Gasteiger partial charge in [0.25, 0.3) is 0 Å². The monoisotopic (exact) mass is 293 g/mol. The molecule has 22 heavy (non-hydrogen) atoms. The predicted octanol–water partition coefficient (Wildman–Crippen LogP) is 3.95. The molecule has 4 nitrogen and oxygen atoms in total. The summed E-state index contributed by atoms with van der Waals surface area (Å²) in [6.45, 7) is 4.11. The Morgan fingerprint density at radius 2 is 1.95 bits per heavy atom. The Labute approximate surface area is 130 Å². The lowest BCUT2D eigenvalue weighted by molar-refractivity contribution is 0.415. The number of hydrogen-bond acceptors (Lipinski definition) is 4. The summed E-state index contributed by atoms with van der Waals surface area (Å²) in [7, 11) is 0. The van der Waals surface area contributed by atoms with Gasteiger partial charge in [0.15, 0.2) is 0 Å². The molecule has 2 heterocycles. The van der Waals surface area contributed by atoms with Crippen molar-refractivity contribution in [2.24, 2.45) is 5.92 Å². The fraction of sp³-hybridized carbons (Fsp3) is 0.333. The second kappa shape index (κ2) is 6.48. The second-order valence-corrected chi connectivity index (χ2v) is 5.73. The molecule has 1 aromatic carbocycles. The summed E-state index contributed by atoms with van der Waals surface area (Å²) in [5.41, 5.74) is 1.45. The summed E-state index contributed by atoms with van der Waals surface area (Å²) in [4.78, 5) is 6.41. The molecule has 0 amide bonds. The first-order valence-electron chi connectivity index (χ1n) is 7.65. The Morgan fingerprint density at radius 3 is 2.64 bits per heavy atom. The van der Waals surface area contributed by atoms with Crippen molar-refractivity contribution in [3.05, 3.63) is 47.5 Å². The third kappa shape index (κ3) is 3.20. The molecule has 4 heteroatoms. The van der Waals surface area contributed by atoms with Crippen molar-refractivity contribution in [3.63, 3.8) is 0 Å². The van der Waals surface area contributed by atoms with Crippen LogP contribution < -0.4 is 4.90 Å². The lowest BCUT2D eigenvalue weighted by Crippen LogP contribution is -2.32. The smallest absolute Gasteiger partial charge is 0.235 e. The van der Waals surface area contributed by atoms with Gasteiger partial charge in [0.05, 0.1) is 0 Å². The molecule has 3 rings (SSSR count). The van der Waals surface area contributed by atoms with E-state index in [4.69, 9.17) is 4.42 Å². The number of hydrogen-bond donors (Lipinski definition) is 0. The van der Waals surface area contributed by atoms with Gasteiger partial charge in [-0.05, 0) is 30.4 Å². The lowest BCUT2D eigenvalue weighted by atomic mass is 9.99. The van der Waals surface area contributed by atoms with E-state index in [0.717, 1.165) is 37.4 Å². The van der Waals surface area contributed by atoms with Gasteiger partial charge >= 0.3 is 0 Å². The second-order valence-electron chi connectivity index (χ2n) is 5.73. The lowest BCUT2D eigenvalue weighted by Gasteiger charge is -2.29. The average Bonchev–Trinajstić information content (AvgIpc) is 2.98. The Balaban J connectivity index is 1.80. The predicted molar refractivity (Wildman–Crippen MR) is 87.2 cm³/mol. The van der Waals surface area contributed by atoms with Gasteiger partial charge < -0.3 is 9.32 Å².